The molecule has 182 valence electrons. The Balaban J connectivity index is 1.79. The molecule has 0 saturated carbocycles. The molecule has 10 nitrogen and oxygen atoms in total. The van der Waals surface area contributed by atoms with Crippen molar-refractivity contribution in [1.29, 1.82) is 0 Å². The molecule has 13 heteroatoms. The Morgan fingerprint density at radius 2 is 2.03 bits per heavy atom. The zero-order valence-corrected chi connectivity index (χ0v) is 19.6. The summed E-state index contributed by atoms with van der Waals surface area (Å²) in [5, 5.41) is 7.93. The molecule has 0 aliphatic heterocycles. The molecule has 0 aromatic carbocycles. The van der Waals surface area contributed by atoms with Gasteiger partial charge >= 0.3 is 0 Å². The highest BCUT2D eigenvalue weighted by Crippen LogP contribution is 2.24. The number of hydrogen-bond donors (Lipinski definition) is 1. The molecule has 35 heavy (non-hydrogen) atoms. The van der Waals surface area contributed by atoms with E-state index < -0.39 is 16.3 Å². The van der Waals surface area contributed by atoms with Crippen molar-refractivity contribution in [3.63, 3.8) is 0 Å². The van der Waals surface area contributed by atoms with Gasteiger partial charge in [-0.05, 0) is 42.8 Å². The van der Waals surface area contributed by atoms with Crippen LogP contribution in [0.2, 0.25) is 0 Å². The number of alkyl halides is 2. The van der Waals surface area contributed by atoms with Crippen LogP contribution in [0.15, 0.2) is 71.3 Å². The first-order chi connectivity index (χ1) is 16.6. The predicted molar refractivity (Wildman–Crippen MR) is 125 cm³/mol. The Morgan fingerprint density at radius 3 is 2.60 bits per heavy atom. The van der Waals surface area contributed by atoms with Gasteiger partial charge in [0.15, 0.2) is 14.9 Å². The van der Waals surface area contributed by atoms with Crippen molar-refractivity contribution >= 4 is 21.4 Å². The zero-order chi connectivity index (χ0) is 25.6. The van der Waals surface area contributed by atoms with Crippen LogP contribution in [0.4, 0.5) is 8.78 Å². The van der Waals surface area contributed by atoms with E-state index >= 15 is 0 Å². The van der Waals surface area contributed by atoms with E-state index in [4.69, 9.17) is 10.5 Å². The van der Waals surface area contributed by atoms with Crippen molar-refractivity contribution in [2.45, 2.75) is 18.1 Å². The molecule has 0 spiro atoms. The minimum atomic E-state index is -3.42. The van der Waals surface area contributed by atoms with Gasteiger partial charge in [-0.2, -0.15) is 4.99 Å². The van der Waals surface area contributed by atoms with E-state index in [2.05, 4.69) is 37.7 Å². The van der Waals surface area contributed by atoms with Crippen LogP contribution in [-0.2, 0) is 28.2 Å². The van der Waals surface area contributed by atoms with Crippen LogP contribution in [0.3, 0.4) is 0 Å². The lowest BCUT2D eigenvalue weighted by atomic mass is 10.2. The average Bonchev–Trinajstić information content (AvgIpc) is 3.20. The normalized spacial score (nSPS) is 12.5. The van der Waals surface area contributed by atoms with E-state index in [0.717, 1.165) is 12.5 Å². The van der Waals surface area contributed by atoms with E-state index in [9.17, 15) is 17.2 Å². The highest BCUT2D eigenvalue weighted by atomic mass is 32.2. The van der Waals surface area contributed by atoms with E-state index in [1.54, 1.807) is 7.05 Å². The second kappa shape index (κ2) is 10.8. The maximum atomic E-state index is 12.8. The highest BCUT2D eigenvalue weighted by Gasteiger charge is 2.16. The molecule has 2 N–H and O–H groups in total. The third kappa shape index (κ3) is 6.43. The Kier molecular flexibility index (Phi) is 7.84. The third-order valence-electron chi connectivity index (χ3n) is 4.62. The van der Waals surface area contributed by atoms with Crippen molar-refractivity contribution in [3.8, 4) is 11.4 Å². The quantitative estimate of drug-likeness (QED) is 0.268. The number of sulfone groups is 1. The maximum absolute atomic E-state index is 12.8. The minimum absolute atomic E-state index is 0.0352. The van der Waals surface area contributed by atoms with Crippen molar-refractivity contribution in [3.05, 3.63) is 78.1 Å². The summed E-state index contributed by atoms with van der Waals surface area (Å²) in [6, 6.07) is 5.58. The molecule has 0 bridgehead atoms. The van der Waals surface area contributed by atoms with Gasteiger partial charge in [0.25, 0.3) is 6.43 Å². The van der Waals surface area contributed by atoms with Crippen molar-refractivity contribution in [2.75, 3.05) is 6.26 Å². The van der Waals surface area contributed by atoms with Crippen LogP contribution >= 0.6 is 0 Å². The van der Waals surface area contributed by atoms with E-state index in [-0.39, 0.29) is 28.8 Å². The zero-order valence-electron chi connectivity index (χ0n) is 18.8. The number of aromatic nitrogens is 5. The van der Waals surface area contributed by atoms with Gasteiger partial charge in [-0.25, -0.2) is 26.9 Å². The Labute approximate surface area is 200 Å². The summed E-state index contributed by atoms with van der Waals surface area (Å²) >= 11 is 0. The molecule has 3 aromatic rings. The molecule has 0 fully saturated rings. The topological polar surface area (TPSA) is 138 Å². The fourth-order valence-corrected chi connectivity index (χ4v) is 3.34. The number of rotatable bonds is 9. The van der Waals surface area contributed by atoms with E-state index in [0.29, 0.717) is 22.6 Å². The molecule has 0 aliphatic carbocycles. The Morgan fingerprint density at radius 1 is 1.26 bits per heavy atom. The molecule has 0 amide bonds. The molecule has 0 aliphatic rings. The van der Waals surface area contributed by atoms with Crippen LogP contribution in [0.5, 0.6) is 0 Å². The number of hydrogen-bond acceptors (Lipinski definition) is 9. The molecule has 0 radical (unpaired) electrons. The summed E-state index contributed by atoms with van der Waals surface area (Å²) in [5.74, 6) is 2.48. The Hall–Kier alpha value is -4.22. The summed E-state index contributed by atoms with van der Waals surface area (Å²) in [4.78, 5) is 11.9. The van der Waals surface area contributed by atoms with E-state index in [1.165, 1.54) is 47.3 Å². The fraction of sp³-hybridized carbons (Fsp3) is 0.182. The number of nitrogens with zero attached hydrogens (tertiary/aromatic N) is 6. The smallest absolute Gasteiger partial charge is 0.265 e. The highest BCUT2D eigenvalue weighted by molar-refractivity contribution is 7.90. The molecule has 0 saturated heterocycles. The summed E-state index contributed by atoms with van der Waals surface area (Å²) in [5.41, 5.74) is 7.86. The first-order valence-electron chi connectivity index (χ1n) is 9.92. The fourth-order valence-electron chi connectivity index (χ4n) is 2.78. The second-order valence-electron chi connectivity index (χ2n) is 7.13. The van der Waals surface area contributed by atoms with Crippen molar-refractivity contribution < 1.29 is 21.9 Å². The standard InChI is InChI=1S/C22H21F2N7O3S/c1-4-26-19(9-7-16(25)14-6-10-20(28-11-14)35(3,32)33)34-13-18-21(29-30-31(18)2)17-8-5-15(12-27-17)22(23)24/h5-12,22H,1,13,25H2,2-3H3/b16-7-,19-9+. The Bertz CT molecular complexity index is 1410. The number of aliphatic imine (C=N–C) groups is 1. The number of nitrogens with two attached hydrogens (primary N) is 1. The summed E-state index contributed by atoms with van der Waals surface area (Å²) in [6.07, 6.45) is 3.83. The van der Waals surface area contributed by atoms with Gasteiger partial charge in [-0.15, -0.1) is 5.10 Å². The molecule has 3 aromatic heterocycles. The minimum Gasteiger partial charge on any atom is -0.471 e. The molecular formula is C22H21F2N7O3S. The maximum Gasteiger partial charge on any atom is 0.265 e. The third-order valence-corrected chi connectivity index (χ3v) is 5.63. The molecular weight excluding hydrogens is 480 g/mol. The van der Waals surface area contributed by atoms with Crippen LogP contribution in [-0.4, -0.2) is 45.5 Å². The van der Waals surface area contributed by atoms with Crippen LogP contribution < -0.4 is 5.73 Å². The lowest BCUT2D eigenvalue weighted by molar-refractivity contribution is 0.151. The van der Waals surface area contributed by atoms with E-state index in [1.807, 2.05) is 0 Å². The molecule has 0 atom stereocenters. The molecule has 0 unspecified atom stereocenters. The van der Waals surface area contributed by atoms with Gasteiger partial charge in [0.2, 0.25) is 5.88 Å². The molecule has 3 rings (SSSR count). The number of halogens is 2. The first kappa shape index (κ1) is 25.4. The first-order valence-corrected chi connectivity index (χ1v) is 11.8. The number of ether oxygens (including phenoxy) is 1. The lowest BCUT2D eigenvalue weighted by Crippen LogP contribution is -2.03. The number of pyridine rings is 2. The number of aryl methyl sites for hydroxylation is 1. The SMILES string of the molecule is C=C=N/C(=C\C=C(/N)c1ccc(S(C)(=O)=O)nc1)OCc1c(-c2ccc(C(F)F)cn2)nnn1C. The largest absolute Gasteiger partial charge is 0.471 e. The second-order valence-corrected chi connectivity index (χ2v) is 9.09. The molecule has 3 heterocycles. The van der Waals surface area contributed by atoms with Gasteiger partial charge in [-0.1, -0.05) is 5.21 Å². The van der Waals surface area contributed by atoms with Gasteiger partial charge in [0.1, 0.15) is 18.0 Å². The number of allylic oxidation sites excluding steroid dienone is 2. The average molecular weight is 502 g/mol. The van der Waals surface area contributed by atoms with Crippen molar-refractivity contribution in [2.24, 2.45) is 17.8 Å². The van der Waals surface area contributed by atoms with Crippen LogP contribution in [0, 0.1) is 0 Å². The van der Waals surface area contributed by atoms with Gasteiger partial charge in [-0.3, -0.25) is 4.98 Å². The van der Waals surface area contributed by atoms with Gasteiger partial charge < -0.3 is 10.5 Å². The summed E-state index contributed by atoms with van der Waals surface area (Å²) in [7, 11) is -1.78. The lowest BCUT2D eigenvalue weighted by Gasteiger charge is -2.08. The van der Waals surface area contributed by atoms with Crippen molar-refractivity contribution in [1.82, 2.24) is 25.0 Å². The van der Waals surface area contributed by atoms with Gasteiger partial charge in [0.05, 0.1) is 5.69 Å². The van der Waals surface area contributed by atoms with Crippen LogP contribution in [0.1, 0.15) is 23.2 Å². The monoisotopic (exact) mass is 501 g/mol. The summed E-state index contributed by atoms with van der Waals surface area (Å²) < 4.78 is 55.9. The van der Waals surface area contributed by atoms with Crippen LogP contribution in [0.25, 0.3) is 17.1 Å². The van der Waals surface area contributed by atoms with Gasteiger partial charge in [0, 0.05) is 48.6 Å². The predicted octanol–water partition coefficient (Wildman–Crippen LogP) is 2.83. The summed E-state index contributed by atoms with van der Waals surface area (Å²) in [6.45, 7) is 3.40.